The van der Waals surface area contributed by atoms with Crippen LogP contribution in [0.25, 0.3) is 0 Å². The molecule has 2 nitrogen and oxygen atoms in total. The molecule has 1 unspecified atom stereocenters. The fourth-order valence-electron chi connectivity index (χ4n) is 3.60. The normalized spacial score (nSPS) is 25.1. The zero-order valence-electron chi connectivity index (χ0n) is 12.7. The zero-order chi connectivity index (χ0) is 16.6. The summed E-state index contributed by atoms with van der Waals surface area (Å²) in [7, 11) is 0. The molecule has 1 amide bonds. The van der Waals surface area contributed by atoms with Crippen molar-refractivity contribution in [3.63, 3.8) is 0 Å². The third-order valence-electron chi connectivity index (χ3n) is 4.96. The van der Waals surface area contributed by atoms with E-state index in [2.05, 4.69) is 15.9 Å². The molecule has 1 aromatic rings. The third-order valence-corrected chi connectivity index (χ3v) is 5.80. The van der Waals surface area contributed by atoms with E-state index < -0.39 is 5.92 Å². The summed E-state index contributed by atoms with van der Waals surface area (Å²) in [5, 5.41) is 0.655. The van der Waals surface area contributed by atoms with Crippen LogP contribution in [0, 0.1) is 5.92 Å². The van der Waals surface area contributed by atoms with E-state index in [0.717, 1.165) is 16.5 Å². The van der Waals surface area contributed by atoms with Gasteiger partial charge in [-0.2, -0.15) is 0 Å². The summed E-state index contributed by atoms with van der Waals surface area (Å²) in [5.41, 5.74) is 0.963. The van der Waals surface area contributed by atoms with Gasteiger partial charge in [-0.1, -0.05) is 33.6 Å². The van der Waals surface area contributed by atoms with Crippen LogP contribution in [0.2, 0.25) is 5.02 Å². The minimum absolute atomic E-state index is 0.0208. The molecular weight excluding hydrogens is 388 g/mol. The Labute approximate surface area is 148 Å². The van der Waals surface area contributed by atoms with E-state index in [1.165, 1.54) is 0 Å². The molecule has 1 aliphatic heterocycles. The van der Waals surface area contributed by atoms with Crippen molar-refractivity contribution in [2.24, 2.45) is 5.92 Å². The minimum Gasteiger partial charge on any atom is -0.339 e. The van der Waals surface area contributed by atoms with Crippen molar-refractivity contribution in [2.45, 2.75) is 50.5 Å². The number of carbonyl (C=O) groups is 1. The van der Waals surface area contributed by atoms with Gasteiger partial charge in [0, 0.05) is 40.8 Å². The van der Waals surface area contributed by atoms with Gasteiger partial charge in [-0.25, -0.2) is 8.78 Å². The van der Waals surface area contributed by atoms with Gasteiger partial charge in [0.1, 0.15) is 0 Å². The molecule has 1 heterocycles. The number of likely N-dealkylation sites (tertiary alicyclic amines) is 1. The Morgan fingerprint density at radius 3 is 2.61 bits per heavy atom. The molecule has 0 aromatic heterocycles. The Hall–Kier alpha value is -0.680. The van der Waals surface area contributed by atoms with Gasteiger partial charge in [0.05, 0.1) is 0 Å². The highest BCUT2D eigenvalue weighted by Crippen LogP contribution is 2.37. The van der Waals surface area contributed by atoms with Crippen molar-refractivity contribution in [3.05, 3.63) is 33.3 Å². The molecule has 1 aromatic carbocycles. The number of hydrogen-bond acceptors (Lipinski definition) is 1. The number of rotatable bonds is 3. The van der Waals surface area contributed by atoms with E-state index >= 15 is 0 Å². The Bertz CT molecular complexity index is 600. The summed E-state index contributed by atoms with van der Waals surface area (Å²) in [4.78, 5) is 14.5. The van der Waals surface area contributed by atoms with E-state index in [1.54, 1.807) is 0 Å². The summed E-state index contributed by atoms with van der Waals surface area (Å²) in [5.74, 6) is -2.54. The molecule has 23 heavy (non-hydrogen) atoms. The summed E-state index contributed by atoms with van der Waals surface area (Å²) >= 11 is 9.60. The molecule has 0 radical (unpaired) electrons. The van der Waals surface area contributed by atoms with E-state index in [4.69, 9.17) is 11.6 Å². The molecular formula is C17H19BrClF2NO. The maximum Gasteiger partial charge on any atom is 0.248 e. The molecule has 1 saturated heterocycles. The number of benzene rings is 1. The van der Waals surface area contributed by atoms with Crippen LogP contribution in [0.15, 0.2) is 22.7 Å². The van der Waals surface area contributed by atoms with Crippen LogP contribution in [-0.2, 0) is 11.2 Å². The van der Waals surface area contributed by atoms with E-state index in [9.17, 15) is 13.6 Å². The van der Waals surface area contributed by atoms with Gasteiger partial charge in [0.25, 0.3) is 0 Å². The van der Waals surface area contributed by atoms with E-state index in [-0.39, 0.29) is 30.7 Å². The molecule has 3 rings (SSSR count). The second-order valence-corrected chi connectivity index (χ2v) is 7.87. The summed E-state index contributed by atoms with van der Waals surface area (Å²) < 4.78 is 27.5. The molecule has 1 saturated carbocycles. The maximum atomic E-state index is 13.3. The first-order valence-corrected chi connectivity index (χ1v) is 9.15. The van der Waals surface area contributed by atoms with Crippen LogP contribution in [0.3, 0.4) is 0 Å². The van der Waals surface area contributed by atoms with Crippen LogP contribution in [0.1, 0.15) is 37.7 Å². The van der Waals surface area contributed by atoms with Crippen LogP contribution in [0.5, 0.6) is 0 Å². The summed E-state index contributed by atoms with van der Waals surface area (Å²) in [6, 6.07) is 5.66. The van der Waals surface area contributed by atoms with Crippen LogP contribution >= 0.6 is 27.5 Å². The standard InChI is InChI=1S/C17H19BrClF2NO/c18-13-2-1-11(15(19)10-13)9-12-5-8-22(16(12)23)14-3-6-17(20,21)7-4-14/h1-2,10,12,14H,3-9H2. The first-order valence-electron chi connectivity index (χ1n) is 7.98. The molecule has 0 N–H and O–H groups in total. The Morgan fingerprint density at radius 1 is 1.26 bits per heavy atom. The van der Waals surface area contributed by atoms with Crippen molar-refractivity contribution in [3.8, 4) is 0 Å². The summed E-state index contributed by atoms with van der Waals surface area (Å²) in [6.45, 7) is 0.674. The monoisotopic (exact) mass is 405 g/mol. The van der Waals surface area contributed by atoms with Gasteiger partial charge in [-0.3, -0.25) is 4.79 Å². The molecule has 1 atom stereocenters. The first-order chi connectivity index (χ1) is 10.9. The molecule has 1 aliphatic carbocycles. The molecule has 0 bridgehead atoms. The number of alkyl halides is 2. The number of halogens is 4. The Balaban J connectivity index is 1.63. The lowest BCUT2D eigenvalue weighted by Gasteiger charge is -2.34. The number of amides is 1. The lowest BCUT2D eigenvalue weighted by atomic mass is 9.91. The minimum atomic E-state index is -2.55. The van der Waals surface area contributed by atoms with Crippen molar-refractivity contribution in [1.82, 2.24) is 4.90 Å². The van der Waals surface area contributed by atoms with E-state index in [0.29, 0.717) is 30.8 Å². The molecule has 6 heteroatoms. The van der Waals surface area contributed by atoms with Gasteiger partial charge in [-0.05, 0) is 43.4 Å². The smallest absolute Gasteiger partial charge is 0.248 e. The average molecular weight is 407 g/mol. The highest BCUT2D eigenvalue weighted by molar-refractivity contribution is 9.10. The molecule has 126 valence electrons. The second kappa shape index (κ2) is 6.67. The quantitative estimate of drug-likeness (QED) is 0.686. The lowest BCUT2D eigenvalue weighted by Crippen LogP contribution is -2.42. The van der Waals surface area contributed by atoms with Gasteiger partial charge >= 0.3 is 0 Å². The molecule has 2 aliphatic rings. The van der Waals surface area contributed by atoms with Crippen molar-refractivity contribution in [1.29, 1.82) is 0 Å². The fraction of sp³-hybridized carbons (Fsp3) is 0.588. The van der Waals surface area contributed by atoms with Gasteiger partial charge in [0.15, 0.2) is 0 Å². The number of nitrogens with zero attached hydrogens (tertiary/aromatic N) is 1. The molecule has 0 spiro atoms. The van der Waals surface area contributed by atoms with Crippen LogP contribution in [0.4, 0.5) is 8.78 Å². The predicted molar refractivity (Wildman–Crippen MR) is 89.9 cm³/mol. The Morgan fingerprint density at radius 2 is 1.96 bits per heavy atom. The largest absolute Gasteiger partial charge is 0.339 e. The van der Waals surface area contributed by atoms with Crippen LogP contribution in [-0.4, -0.2) is 29.3 Å². The highest BCUT2D eigenvalue weighted by atomic mass is 79.9. The number of carbonyl (C=O) groups excluding carboxylic acids is 1. The topological polar surface area (TPSA) is 20.3 Å². The van der Waals surface area contributed by atoms with Crippen molar-refractivity contribution in [2.75, 3.05) is 6.54 Å². The van der Waals surface area contributed by atoms with Crippen molar-refractivity contribution >= 4 is 33.4 Å². The van der Waals surface area contributed by atoms with Crippen LogP contribution < -0.4 is 0 Å². The summed E-state index contributed by atoms with van der Waals surface area (Å²) in [6.07, 6.45) is 1.99. The van der Waals surface area contributed by atoms with Gasteiger partial charge in [-0.15, -0.1) is 0 Å². The SMILES string of the molecule is O=C1C(Cc2ccc(Br)cc2Cl)CCN1C1CCC(F)(F)CC1. The Kier molecular flexibility index (Phi) is 4.98. The van der Waals surface area contributed by atoms with Crippen molar-refractivity contribution < 1.29 is 13.6 Å². The number of hydrogen-bond donors (Lipinski definition) is 0. The van der Waals surface area contributed by atoms with Gasteiger partial charge in [0.2, 0.25) is 11.8 Å². The van der Waals surface area contributed by atoms with Gasteiger partial charge < -0.3 is 4.90 Å². The lowest BCUT2D eigenvalue weighted by molar-refractivity contribution is -0.135. The van der Waals surface area contributed by atoms with E-state index in [1.807, 2.05) is 23.1 Å². The maximum absolute atomic E-state index is 13.3. The first kappa shape index (κ1) is 17.2. The highest BCUT2D eigenvalue weighted by Gasteiger charge is 2.41. The third kappa shape index (κ3) is 3.87. The average Bonchev–Trinajstić information content (AvgIpc) is 2.83. The fourth-order valence-corrected chi connectivity index (χ4v) is 4.35. The second-order valence-electron chi connectivity index (χ2n) is 6.54. The zero-order valence-corrected chi connectivity index (χ0v) is 15.0. The predicted octanol–water partition coefficient (Wildman–Crippen LogP) is 5.07. The molecule has 2 fully saturated rings.